The van der Waals surface area contributed by atoms with Gasteiger partial charge in [-0.3, -0.25) is 0 Å². The minimum Gasteiger partial charge on any atom is -0.481 e. The highest BCUT2D eigenvalue weighted by molar-refractivity contribution is 6.20. The Hall–Kier alpha value is -0.870. The molecule has 0 saturated heterocycles. The van der Waals surface area contributed by atoms with Gasteiger partial charge in [0.25, 0.3) is 0 Å². The molecule has 0 aliphatic heterocycles. The average molecular weight is 271 g/mol. The zero-order valence-electron chi connectivity index (χ0n) is 10.9. The summed E-state index contributed by atoms with van der Waals surface area (Å²) in [6.45, 7) is 0. The van der Waals surface area contributed by atoms with E-state index in [4.69, 9.17) is 21.1 Å². The number of methoxy groups -OCH3 is 2. The van der Waals surface area contributed by atoms with Crippen LogP contribution in [0.3, 0.4) is 0 Å². The third-order valence-corrected chi connectivity index (χ3v) is 3.94. The highest BCUT2D eigenvalue weighted by Crippen LogP contribution is 2.40. The standard InChI is InChI=1S/C13H19ClN2O2/c1-17-12-7-11(15-9-16-12)6-10(14)8-13(18-2)4-3-5-13/h7,9-10H,3-6,8H2,1-2H3. The largest absolute Gasteiger partial charge is 0.481 e. The Morgan fingerprint density at radius 2 is 2.17 bits per heavy atom. The van der Waals surface area contributed by atoms with Crippen LogP contribution in [0.4, 0.5) is 0 Å². The molecule has 1 aliphatic rings. The van der Waals surface area contributed by atoms with Crippen LogP contribution >= 0.6 is 11.6 Å². The van der Waals surface area contributed by atoms with E-state index >= 15 is 0 Å². The topological polar surface area (TPSA) is 44.2 Å². The number of ether oxygens (including phenoxy) is 2. The van der Waals surface area contributed by atoms with Gasteiger partial charge in [-0.15, -0.1) is 11.6 Å². The fourth-order valence-corrected chi connectivity index (χ4v) is 2.81. The van der Waals surface area contributed by atoms with Crippen LogP contribution in [0.15, 0.2) is 12.4 Å². The average Bonchev–Trinajstić information content (AvgIpc) is 2.34. The molecule has 1 aromatic heterocycles. The van der Waals surface area contributed by atoms with Crippen LogP contribution in [-0.2, 0) is 11.2 Å². The Balaban J connectivity index is 1.92. The number of aromatic nitrogens is 2. The Kier molecular flexibility index (Phi) is 4.40. The number of hydrogen-bond acceptors (Lipinski definition) is 4. The third kappa shape index (κ3) is 3.12. The van der Waals surface area contributed by atoms with Crippen LogP contribution < -0.4 is 4.74 Å². The SMILES string of the molecule is COc1cc(CC(Cl)CC2(OC)CCC2)ncn1. The summed E-state index contributed by atoms with van der Waals surface area (Å²) in [6.07, 6.45) is 6.55. The van der Waals surface area contributed by atoms with Gasteiger partial charge in [-0.2, -0.15) is 0 Å². The molecule has 1 heterocycles. The number of hydrogen-bond donors (Lipinski definition) is 0. The molecule has 1 fully saturated rings. The zero-order chi connectivity index (χ0) is 13.0. The number of halogens is 1. The van der Waals surface area contributed by atoms with Crippen molar-refractivity contribution < 1.29 is 9.47 Å². The van der Waals surface area contributed by atoms with Crippen LogP contribution in [0.1, 0.15) is 31.4 Å². The molecular formula is C13H19ClN2O2. The predicted octanol–water partition coefficient (Wildman–Crippen LogP) is 2.59. The van der Waals surface area contributed by atoms with Crippen molar-refractivity contribution in [3.05, 3.63) is 18.1 Å². The summed E-state index contributed by atoms with van der Waals surface area (Å²) < 4.78 is 10.7. The maximum atomic E-state index is 6.41. The molecular weight excluding hydrogens is 252 g/mol. The minimum atomic E-state index is 0.00351. The fourth-order valence-electron chi connectivity index (χ4n) is 2.37. The van der Waals surface area contributed by atoms with Gasteiger partial charge in [0, 0.05) is 30.7 Å². The van der Waals surface area contributed by atoms with E-state index in [9.17, 15) is 0 Å². The van der Waals surface area contributed by atoms with Crippen molar-refractivity contribution in [1.29, 1.82) is 0 Å². The molecule has 2 rings (SSSR count). The molecule has 5 heteroatoms. The maximum absolute atomic E-state index is 6.41. The second-order valence-corrected chi connectivity index (χ2v) is 5.42. The summed E-state index contributed by atoms with van der Waals surface area (Å²) in [6, 6.07) is 1.83. The molecule has 0 aromatic carbocycles. The molecule has 1 atom stereocenters. The molecule has 1 saturated carbocycles. The van der Waals surface area contributed by atoms with E-state index in [2.05, 4.69) is 9.97 Å². The second kappa shape index (κ2) is 5.85. The molecule has 0 spiro atoms. The van der Waals surface area contributed by atoms with Gasteiger partial charge >= 0.3 is 0 Å². The van der Waals surface area contributed by atoms with Gasteiger partial charge in [0.2, 0.25) is 5.88 Å². The molecule has 18 heavy (non-hydrogen) atoms. The number of alkyl halides is 1. The smallest absolute Gasteiger partial charge is 0.216 e. The van der Waals surface area contributed by atoms with E-state index in [1.54, 1.807) is 14.2 Å². The van der Waals surface area contributed by atoms with E-state index < -0.39 is 0 Å². The Morgan fingerprint density at radius 3 is 2.72 bits per heavy atom. The van der Waals surface area contributed by atoms with Gasteiger partial charge in [0.05, 0.1) is 12.7 Å². The summed E-state index contributed by atoms with van der Waals surface area (Å²) in [4.78, 5) is 8.19. The second-order valence-electron chi connectivity index (χ2n) is 4.80. The molecule has 4 nitrogen and oxygen atoms in total. The molecule has 1 aliphatic carbocycles. The van der Waals surface area contributed by atoms with Crippen LogP contribution in [0.2, 0.25) is 0 Å². The first kappa shape index (κ1) is 13.6. The Morgan fingerprint density at radius 1 is 1.39 bits per heavy atom. The molecule has 0 N–H and O–H groups in total. The van der Waals surface area contributed by atoms with E-state index in [1.807, 2.05) is 6.07 Å². The van der Waals surface area contributed by atoms with E-state index in [0.29, 0.717) is 12.3 Å². The quantitative estimate of drug-likeness (QED) is 0.746. The lowest BCUT2D eigenvalue weighted by atomic mass is 9.76. The van der Waals surface area contributed by atoms with Gasteiger partial charge in [0.15, 0.2) is 0 Å². The number of nitrogens with zero attached hydrogens (tertiary/aromatic N) is 2. The third-order valence-electron chi connectivity index (χ3n) is 3.63. The molecule has 0 radical (unpaired) electrons. The van der Waals surface area contributed by atoms with Crippen molar-refractivity contribution in [3.63, 3.8) is 0 Å². The maximum Gasteiger partial charge on any atom is 0.216 e. The summed E-state index contributed by atoms with van der Waals surface area (Å²) in [5, 5.41) is 0.0323. The molecule has 1 unspecified atom stereocenters. The highest BCUT2D eigenvalue weighted by atomic mass is 35.5. The van der Waals surface area contributed by atoms with E-state index in [0.717, 1.165) is 25.0 Å². The highest BCUT2D eigenvalue weighted by Gasteiger charge is 2.38. The summed E-state index contributed by atoms with van der Waals surface area (Å²) in [5.41, 5.74) is 0.913. The van der Waals surface area contributed by atoms with Crippen LogP contribution in [0, 0.1) is 0 Å². The van der Waals surface area contributed by atoms with Crippen molar-refractivity contribution in [3.8, 4) is 5.88 Å². The Labute approximate surface area is 113 Å². The van der Waals surface area contributed by atoms with Crippen LogP contribution in [0.5, 0.6) is 5.88 Å². The van der Waals surface area contributed by atoms with Crippen LogP contribution in [0.25, 0.3) is 0 Å². The van der Waals surface area contributed by atoms with Crippen molar-refractivity contribution >= 4 is 11.6 Å². The molecule has 1 aromatic rings. The van der Waals surface area contributed by atoms with Gasteiger partial charge in [-0.25, -0.2) is 9.97 Å². The normalized spacial score (nSPS) is 19.1. The van der Waals surface area contributed by atoms with Crippen molar-refractivity contribution in [2.45, 2.75) is 43.1 Å². The van der Waals surface area contributed by atoms with E-state index in [-0.39, 0.29) is 11.0 Å². The van der Waals surface area contributed by atoms with E-state index in [1.165, 1.54) is 12.7 Å². The van der Waals surface area contributed by atoms with Crippen molar-refractivity contribution in [1.82, 2.24) is 9.97 Å². The monoisotopic (exact) mass is 270 g/mol. The first-order chi connectivity index (χ1) is 8.67. The first-order valence-electron chi connectivity index (χ1n) is 6.21. The first-order valence-corrected chi connectivity index (χ1v) is 6.65. The Bertz CT molecular complexity index is 391. The summed E-state index contributed by atoms with van der Waals surface area (Å²) >= 11 is 6.41. The van der Waals surface area contributed by atoms with Gasteiger partial charge < -0.3 is 9.47 Å². The van der Waals surface area contributed by atoms with Gasteiger partial charge in [0.1, 0.15) is 6.33 Å². The fraction of sp³-hybridized carbons (Fsp3) is 0.692. The molecule has 100 valence electrons. The summed E-state index contributed by atoms with van der Waals surface area (Å²) in [5.74, 6) is 0.578. The van der Waals surface area contributed by atoms with Crippen LogP contribution in [-0.4, -0.2) is 35.2 Å². The predicted molar refractivity (Wildman–Crippen MR) is 70.1 cm³/mol. The summed E-state index contributed by atoms with van der Waals surface area (Å²) in [7, 11) is 3.37. The lowest BCUT2D eigenvalue weighted by molar-refractivity contribution is -0.0777. The van der Waals surface area contributed by atoms with Gasteiger partial charge in [-0.05, 0) is 25.7 Å². The van der Waals surface area contributed by atoms with Crippen molar-refractivity contribution in [2.75, 3.05) is 14.2 Å². The molecule has 0 amide bonds. The zero-order valence-corrected chi connectivity index (χ0v) is 11.6. The van der Waals surface area contributed by atoms with Crippen molar-refractivity contribution in [2.24, 2.45) is 0 Å². The molecule has 0 bridgehead atoms. The number of rotatable bonds is 6. The lowest BCUT2D eigenvalue weighted by Crippen LogP contribution is -2.41. The van der Waals surface area contributed by atoms with Gasteiger partial charge in [-0.1, -0.05) is 0 Å². The lowest BCUT2D eigenvalue weighted by Gasteiger charge is -2.41. The minimum absolute atomic E-state index is 0.00351.